The van der Waals surface area contributed by atoms with E-state index in [0.29, 0.717) is 5.82 Å². The van der Waals surface area contributed by atoms with Crippen LogP contribution in [0.2, 0.25) is 0 Å². The Morgan fingerprint density at radius 3 is 2.28 bits per heavy atom. The molecule has 0 saturated carbocycles. The average Bonchev–Trinajstić information content (AvgIpc) is 2.82. The molecule has 0 unspecified atom stereocenters. The summed E-state index contributed by atoms with van der Waals surface area (Å²) in [7, 11) is -0.121. The molecule has 2 nitrogen and oxygen atoms in total. The molecule has 2 rings (SSSR count). The smallest absolute Gasteiger partial charge is 0.403 e. The molecule has 1 aromatic heterocycles. The van der Waals surface area contributed by atoms with Crippen LogP contribution in [0.5, 0.6) is 0 Å². The van der Waals surface area contributed by atoms with Gasteiger partial charge in [-0.3, -0.25) is 0 Å². The van der Waals surface area contributed by atoms with Crippen molar-refractivity contribution in [1.29, 1.82) is 0 Å². The van der Waals surface area contributed by atoms with Gasteiger partial charge in [-0.25, -0.2) is 0 Å². The van der Waals surface area contributed by atoms with Crippen molar-refractivity contribution in [3.63, 3.8) is 0 Å². The second-order valence-corrected chi connectivity index (χ2v) is 6.86. The molecule has 0 bridgehead atoms. The zero-order chi connectivity index (χ0) is 13.4. The zero-order valence-electron chi connectivity index (χ0n) is 12.0. The maximum Gasteiger partial charge on any atom is 0.465 e. The van der Waals surface area contributed by atoms with Gasteiger partial charge in [-0.2, -0.15) is 11.3 Å². The Morgan fingerprint density at radius 2 is 1.83 bits per heavy atom. The Balaban J connectivity index is 2.19. The normalized spacial score (nSPS) is 23.3. The van der Waals surface area contributed by atoms with Gasteiger partial charge in [0.2, 0.25) is 0 Å². The van der Waals surface area contributed by atoms with Gasteiger partial charge >= 0.3 is 7.12 Å². The van der Waals surface area contributed by atoms with E-state index in [0.717, 1.165) is 12.8 Å². The van der Waals surface area contributed by atoms with Crippen molar-refractivity contribution in [2.45, 2.75) is 64.5 Å². The van der Waals surface area contributed by atoms with Crippen LogP contribution < -0.4 is 0 Å². The highest BCUT2D eigenvalue weighted by molar-refractivity contribution is 7.08. The SMILES string of the molecule is CCC[C@H](B1OC(C)(C)C(C)(C)O1)c1ccsc1. The molecule has 0 amide bonds. The Labute approximate surface area is 115 Å². The number of rotatable bonds is 4. The van der Waals surface area contributed by atoms with E-state index in [1.807, 2.05) is 0 Å². The molecular formula is C14H23BO2S. The van der Waals surface area contributed by atoms with Crippen LogP contribution in [0.15, 0.2) is 16.8 Å². The van der Waals surface area contributed by atoms with Gasteiger partial charge in [0, 0.05) is 5.82 Å². The van der Waals surface area contributed by atoms with E-state index in [1.54, 1.807) is 11.3 Å². The van der Waals surface area contributed by atoms with Crippen LogP contribution in [0.3, 0.4) is 0 Å². The fraction of sp³-hybridized carbons (Fsp3) is 0.714. The van der Waals surface area contributed by atoms with Crippen molar-refractivity contribution < 1.29 is 9.31 Å². The fourth-order valence-electron chi connectivity index (χ4n) is 2.31. The predicted octanol–water partition coefficient (Wildman–Crippen LogP) is 4.26. The zero-order valence-corrected chi connectivity index (χ0v) is 12.8. The number of thiophene rings is 1. The number of hydrogen-bond donors (Lipinski definition) is 0. The summed E-state index contributed by atoms with van der Waals surface area (Å²) in [5.41, 5.74) is 0.875. The first-order valence-corrected chi connectivity index (χ1v) is 7.69. The maximum absolute atomic E-state index is 6.18. The lowest BCUT2D eigenvalue weighted by molar-refractivity contribution is 0.00578. The summed E-state index contributed by atoms with van der Waals surface area (Å²) < 4.78 is 12.4. The monoisotopic (exact) mass is 266 g/mol. The lowest BCUT2D eigenvalue weighted by Crippen LogP contribution is -2.41. The molecule has 0 aromatic carbocycles. The largest absolute Gasteiger partial charge is 0.465 e. The quantitative estimate of drug-likeness (QED) is 0.758. The molecule has 0 aliphatic carbocycles. The molecule has 1 aliphatic rings. The van der Waals surface area contributed by atoms with Gasteiger partial charge in [0.05, 0.1) is 11.2 Å². The second-order valence-electron chi connectivity index (χ2n) is 6.08. The molecule has 0 radical (unpaired) electrons. The van der Waals surface area contributed by atoms with E-state index in [2.05, 4.69) is 51.4 Å². The van der Waals surface area contributed by atoms with Crippen molar-refractivity contribution in [2.24, 2.45) is 0 Å². The summed E-state index contributed by atoms with van der Waals surface area (Å²) in [6.45, 7) is 10.7. The van der Waals surface area contributed by atoms with Crippen LogP contribution in [-0.4, -0.2) is 18.3 Å². The van der Waals surface area contributed by atoms with Gasteiger partial charge in [-0.15, -0.1) is 0 Å². The average molecular weight is 266 g/mol. The van der Waals surface area contributed by atoms with E-state index < -0.39 is 0 Å². The highest BCUT2D eigenvalue weighted by Crippen LogP contribution is 2.42. The molecule has 100 valence electrons. The Morgan fingerprint density at radius 1 is 1.22 bits per heavy atom. The minimum absolute atomic E-state index is 0.121. The van der Waals surface area contributed by atoms with E-state index >= 15 is 0 Å². The van der Waals surface area contributed by atoms with Gasteiger partial charge in [0.1, 0.15) is 0 Å². The van der Waals surface area contributed by atoms with Crippen LogP contribution in [0.25, 0.3) is 0 Å². The highest BCUT2D eigenvalue weighted by Gasteiger charge is 2.53. The molecule has 18 heavy (non-hydrogen) atoms. The second kappa shape index (κ2) is 4.99. The highest BCUT2D eigenvalue weighted by atomic mass is 32.1. The first-order chi connectivity index (χ1) is 8.37. The van der Waals surface area contributed by atoms with Crippen molar-refractivity contribution in [3.05, 3.63) is 22.4 Å². The summed E-state index contributed by atoms with van der Waals surface area (Å²) in [4.78, 5) is 0. The summed E-state index contributed by atoms with van der Waals surface area (Å²) in [6, 6.07) is 2.19. The van der Waals surface area contributed by atoms with Gasteiger partial charge in [-0.05, 0) is 56.5 Å². The third-order valence-electron chi connectivity index (χ3n) is 4.17. The Bertz CT molecular complexity index is 371. The standard InChI is InChI=1S/C14H23BO2S/c1-6-7-12(11-8-9-18-10-11)15-16-13(2,3)14(4,5)17-15/h8-10,12H,6-7H2,1-5H3/t12-/m0/s1. The first kappa shape index (κ1) is 14.1. The van der Waals surface area contributed by atoms with Gasteiger partial charge in [-0.1, -0.05) is 13.3 Å². The first-order valence-electron chi connectivity index (χ1n) is 6.75. The molecule has 1 aliphatic heterocycles. The molecule has 1 fully saturated rings. The Kier molecular flexibility index (Phi) is 3.91. The van der Waals surface area contributed by atoms with Crippen LogP contribution in [0.4, 0.5) is 0 Å². The van der Waals surface area contributed by atoms with Crippen molar-refractivity contribution in [1.82, 2.24) is 0 Å². The van der Waals surface area contributed by atoms with Gasteiger partial charge < -0.3 is 9.31 Å². The maximum atomic E-state index is 6.18. The van der Waals surface area contributed by atoms with Crippen LogP contribution in [-0.2, 0) is 9.31 Å². The van der Waals surface area contributed by atoms with Gasteiger partial charge in [0.25, 0.3) is 0 Å². The minimum atomic E-state index is -0.236. The van der Waals surface area contributed by atoms with E-state index in [-0.39, 0.29) is 18.3 Å². The topological polar surface area (TPSA) is 18.5 Å². The fourth-order valence-corrected chi connectivity index (χ4v) is 3.03. The summed E-state index contributed by atoms with van der Waals surface area (Å²) in [6.07, 6.45) is 2.25. The van der Waals surface area contributed by atoms with Crippen molar-refractivity contribution >= 4 is 18.5 Å². The van der Waals surface area contributed by atoms with E-state index in [4.69, 9.17) is 9.31 Å². The number of hydrogen-bond acceptors (Lipinski definition) is 3. The molecule has 2 heterocycles. The molecule has 0 N–H and O–H groups in total. The van der Waals surface area contributed by atoms with E-state index in [1.165, 1.54) is 5.56 Å². The van der Waals surface area contributed by atoms with Crippen LogP contribution in [0.1, 0.15) is 58.8 Å². The molecule has 1 saturated heterocycles. The molecule has 1 atom stereocenters. The van der Waals surface area contributed by atoms with Crippen molar-refractivity contribution in [2.75, 3.05) is 0 Å². The van der Waals surface area contributed by atoms with E-state index in [9.17, 15) is 0 Å². The molecular weight excluding hydrogens is 243 g/mol. The van der Waals surface area contributed by atoms with Crippen LogP contribution in [0, 0.1) is 0 Å². The summed E-state index contributed by atoms with van der Waals surface area (Å²) in [5.74, 6) is 0.349. The lowest BCUT2D eigenvalue weighted by Gasteiger charge is -2.32. The molecule has 4 heteroatoms. The summed E-state index contributed by atoms with van der Waals surface area (Å²) in [5, 5.41) is 4.34. The van der Waals surface area contributed by atoms with Gasteiger partial charge in [0.15, 0.2) is 0 Å². The van der Waals surface area contributed by atoms with Crippen LogP contribution >= 0.6 is 11.3 Å². The molecule has 0 spiro atoms. The third kappa shape index (κ3) is 2.51. The lowest BCUT2D eigenvalue weighted by atomic mass is 9.66. The Hall–Kier alpha value is -0.315. The summed E-state index contributed by atoms with van der Waals surface area (Å²) >= 11 is 1.74. The molecule has 1 aromatic rings. The minimum Gasteiger partial charge on any atom is -0.403 e. The van der Waals surface area contributed by atoms with Crippen molar-refractivity contribution in [3.8, 4) is 0 Å². The predicted molar refractivity (Wildman–Crippen MR) is 78.1 cm³/mol. The third-order valence-corrected chi connectivity index (χ3v) is 4.87.